The molecular formula is C16H20O4. The lowest BCUT2D eigenvalue weighted by atomic mass is 10.1. The van der Waals surface area contributed by atoms with Crippen molar-refractivity contribution >= 4 is 0 Å². The Kier molecular flexibility index (Phi) is 3.65. The average molecular weight is 276 g/mol. The molecule has 4 unspecified atom stereocenters. The Morgan fingerprint density at radius 1 is 1.25 bits per heavy atom. The number of hydrogen-bond acceptors (Lipinski definition) is 4. The Balaban J connectivity index is 1.68. The van der Waals surface area contributed by atoms with Crippen LogP contribution in [0.1, 0.15) is 19.4 Å². The normalized spacial score (nSPS) is 34.9. The Bertz CT molecular complexity index is 471. The van der Waals surface area contributed by atoms with Crippen LogP contribution in [0.4, 0.5) is 0 Å². The van der Waals surface area contributed by atoms with E-state index in [1.54, 1.807) is 6.08 Å². The highest BCUT2D eigenvalue weighted by atomic mass is 16.8. The van der Waals surface area contributed by atoms with Gasteiger partial charge in [0.25, 0.3) is 0 Å². The zero-order valence-corrected chi connectivity index (χ0v) is 11.8. The topological polar surface area (TPSA) is 36.9 Å². The van der Waals surface area contributed by atoms with Crippen LogP contribution in [0.25, 0.3) is 0 Å². The summed E-state index contributed by atoms with van der Waals surface area (Å²) in [5, 5.41) is 0. The molecule has 0 saturated carbocycles. The van der Waals surface area contributed by atoms with E-state index >= 15 is 0 Å². The molecular weight excluding hydrogens is 256 g/mol. The molecule has 1 aromatic carbocycles. The molecule has 0 bridgehead atoms. The number of fused-ring (bicyclic) bond motifs is 1. The molecule has 4 nitrogen and oxygen atoms in total. The van der Waals surface area contributed by atoms with Crippen LogP contribution < -0.4 is 0 Å². The van der Waals surface area contributed by atoms with Gasteiger partial charge in [0.05, 0.1) is 6.61 Å². The monoisotopic (exact) mass is 276 g/mol. The second-order valence-corrected chi connectivity index (χ2v) is 5.57. The van der Waals surface area contributed by atoms with E-state index in [0.717, 1.165) is 5.56 Å². The molecule has 20 heavy (non-hydrogen) atoms. The smallest absolute Gasteiger partial charge is 0.190 e. The SMILES string of the molecule is C=CC1OC2OC(C)(C)OC2C1OCc1ccccc1. The van der Waals surface area contributed by atoms with Crippen molar-refractivity contribution < 1.29 is 18.9 Å². The molecule has 2 aliphatic rings. The van der Waals surface area contributed by atoms with Crippen LogP contribution in [-0.4, -0.2) is 30.4 Å². The highest BCUT2D eigenvalue weighted by Gasteiger charge is 2.54. The molecule has 0 N–H and O–H groups in total. The molecule has 4 atom stereocenters. The van der Waals surface area contributed by atoms with Gasteiger partial charge in [0.2, 0.25) is 0 Å². The van der Waals surface area contributed by atoms with Crippen molar-refractivity contribution in [2.75, 3.05) is 0 Å². The van der Waals surface area contributed by atoms with Crippen LogP contribution in [0, 0.1) is 0 Å². The molecule has 0 radical (unpaired) electrons. The van der Waals surface area contributed by atoms with E-state index < -0.39 is 5.79 Å². The Labute approximate surface area is 119 Å². The van der Waals surface area contributed by atoms with Gasteiger partial charge in [-0.3, -0.25) is 0 Å². The summed E-state index contributed by atoms with van der Waals surface area (Å²) in [5.41, 5.74) is 1.12. The maximum Gasteiger partial charge on any atom is 0.190 e. The quantitative estimate of drug-likeness (QED) is 0.792. The maximum absolute atomic E-state index is 6.00. The lowest BCUT2D eigenvalue weighted by Crippen LogP contribution is -2.35. The second-order valence-electron chi connectivity index (χ2n) is 5.57. The minimum Gasteiger partial charge on any atom is -0.368 e. The van der Waals surface area contributed by atoms with Crippen LogP contribution in [0.2, 0.25) is 0 Å². The molecule has 4 heteroatoms. The molecule has 1 aromatic rings. The van der Waals surface area contributed by atoms with E-state index in [0.29, 0.717) is 6.61 Å². The molecule has 108 valence electrons. The standard InChI is InChI=1S/C16H20O4/c1-4-12-13(17-10-11-8-6-5-7-9-11)14-15(18-12)20-16(2,3)19-14/h4-9,12-15H,1,10H2,2-3H3. The third-order valence-corrected chi connectivity index (χ3v) is 3.54. The van der Waals surface area contributed by atoms with Gasteiger partial charge in [-0.15, -0.1) is 6.58 Å². The highest BCUT2D eigenvalue weighted by molar-refractivity contribution is 5.13. The van der Waals surface area contributed by atoms with Gasteiger partial charge in [0.15, 0.2) is 12.1 Å². The van der Waals surface area contributed by atoms with Crippen molar-refractivity contribution in [3.8, 4) is 0 Å². The molecule has 2 fully saturated rings. The van der Waals surface area contributed by atoms with Gasteiger partial charge >= 0.3 is 0 Å². The Morgan fingerprint density at radius 3 is 2.70 bits per heavy atom. The van der Waals surface area contributed by atoms with Crippen molar-refractivity contribution in [2.24, 2.45) is 0 Å². The maximum atomic E-state index is 6.00. The zero-order valence-electron chi connectivity index (χ0n) is 11.8. The fourth-order valence-corrected chi connectivity index (χ4v) is 2.65. The summed E-state index contributed by atoms with van der Waals surface area (Å²) in [7, 11) is 0. The lowest BCUT2D eigenvalue weighted by Gasteiger charge is -2.24. The van der Waals surface area contributed by atoms with Crippen LogP contribution in [-0.2, 0) is 25.6 Å². The predicted octanol–water partition coefficient (Wildman–Crippen LogP) is 2.63. The summed E-state index contributed by atoms with van der Waals surface area (Å²) in [4.78, 5) is 0. The van der Waals surface area contributed by atoms with Crippen molar-refractivity contribution in [2.45, 2.75) is 50.8 Å². The van der Waals surface area contributed by atoms with E-state index in [9.17, 15) is 0 Å². The zero-order chi connectivity index (χ0) is 14.2. The van der Waals surface area contributed by atoms with Crippen molar-refractivity contribution in [3.63, 3.8) is 0 Å². The molecule has 3 rings (SSSR count). The first-order chi connectivity index (χ1) is 9.59. The van der Waals surface area contributed by atoms with Crippen molar-refractivity contribution in [1.82, 2.24) is 0 Å². The first kappa shape index (κ1) is 13.8. The molecule has 0 aromatic heterocycles. The van der Waals surface area contributed by atoms with Gasteiger partial charge in [-0.25, -0.2) is 0 Å². The van der Waals surface area contributed by atoms with Gasteiger partial charge in [0.1, 0.15) is 18.3 Å². The highest BCUT2D eigenvalue weighted by Crippen LogP contribution is 2.39. The predicted molar refractivity (Wildman–Crippen MR) is 73.9 cm³/mol. The Morgan fingerprint density at radius 2 is 2.00 bits per heavy atom. The van der Waals surface area contributed by atoms with E-state index in [1.807, 2.05) is 44.2 Å². The summed E-state index contributed by atoms with van der Waals surface area (Å²) in [6.45, 7) is 8.08. The van der Waals surface area contributed by atoms with Gasteiger partial charge in [-0.05, 0) is 19.4 Å². The summed E-state index contributed by atoms with van der Waals surface area (Å²) in [5.74, 6) is -0.629. The number of rotatable bonds is 4. The molecule has 2 heterocycles. The number of ether oxygens (including phenoxy) is 4. The van der Waals surface area contributed by atoms with Gasteiger partial charge < -0.3 is 18.9 Å². The second kappa shape index (κ2) is 5.30. The average Bonchev–Trinajstić information content (AvgIpc) is 2.89. The van der Waals surface area contributed by atoms with E-state index in [1.165, 1.54) is 0 Å². The minimum absolute atomic E-state index is 0.195. The third kappa shape index (κ3) is 2.65. The summed E-state index contributed by atoms with van der Waals surface area (Å²) < 4.78 is 23.4. The fourth-order valence-electron chi connectivity index (χ4n) is 2.65. The lowest BCUT2D eigenvalue weighted by molar-refractivity contribution is -0.213. The summed E-state index contributed by atoms with van der Waals surface area (Å²) in [6, 6.07) is 10.0. The van der Waals surface area contributed by atoms with Crippen molar-refractivity contribution in [3.05, 3.63) is 48.6 Å². The number of hydrogen-bond donors (Lipinski definition) is 0. The Hall–Kier alpha value is -1.20. The van der Waals surface area contributed by atoms with Crippen LogP contribution >= 0.6 is 0 Å². The van der Waals surface area contributed by atoms with Gasteiger partial charge in [-0.1, -0.05) is 36.4 Å². The van der Waals surface area contributed by atoms with E-state index in [4.69, 9.17) is 18.9 Å². The molecule has 2 saturated heterocycles. The molecule has 0 amide bonds. The first-order valence-electron chi connectivity index (χ1n) is 6.88. The molecule has 2 aliphatic heterocycles. The van der Waals surface area contributed by atoms with Gasteiger partial charge in [0, 0.05) is 0 Å². The summed E-state index contributed by atoms with van der Waals surface area (Å²) in [6.07, 6.45) is 0.753. The first-order valence-corrected chi connectivity index (χ1v) is 6.88. The molecule has 0 spiro atoms. The van der Waals surface area contributed by atoms with Crippen molar-refractivity contribution in [1.29, 1.82) is 0 Å². The molecule has 0 aliphatic carbocycles. The largest absolute Gasteiger partial charge is 0.368 e. The van der Waals surface area contributed by atoms with Crippen LogP contribution in [0.3, 0.4) is 0 Å². The summed E-state index contributed by atoms with van der Waals surface area (Å²) >= 11 is 0. The van der Waals surface area contributed by atoms with E-state index in [-0.39, 0.29) is 24.6 Å². The third-order valence-electron chi connectivity index (χ3n) is 3.54. The van der Waals surface area contributed by atoms with Gasteiger partial charge in [-0.2, -0.15) is 0 Å². The van der Waals surface area contributed by atoms with Crippen LogP contribution in [0.15, 0.2) is 43.0 Å². The van der Waals surface area contributed by atoms with E-state index in [2.05, 4.69) is 6.58 Å². The fraction of sp³-hybridized carbons (Fsp3) is 0.500. The minimum atomic E-state index is -0.629. The van der Waals surface area contributed by atoms with Crippen LogP contribution in [0.5, 0.6) is 0 Å². The number of benzene rings is 1.